The largest absolute Gasteiger partial charge is 0.322 e. The molecule has 0 saturated carbocycles. The minimum atomic E-state index is -0.458. The van der Waals surface area contributed by atoms with Crippen molar-refractivity contribution in [2.24, 2.45) is 0 Å². The first-order valence-electron chi connectivity index (χ1n) is 9.29. The molecule has 31 heavy (non-hydrogen) atoms. The fourth-order valence-electron chi connectivity index (χ4n) is 2.98. The number of halogens is 2. The first-order valence-corrected chi connectivity index (χ1v) is 10.0. The fourth-order valence-corrected chi connectivity index (χ4v) is 3.40. The molecule has 0 fully saturated rings. The summed E-state index contributed by atoms with van der Waals surface area (Å²) in [5, 5.41) is 10.7. The van der Waals surface area contributed by atoms with Gasteiger partial charge in [-0.25, -0.2) is 4.68 Å². The van der Waals surface area contributed by atoms with E-state index in [4.69, 9.17) is 23.2 Å². The zero-order valence-electron chi connectivity index (χ0n) is 16.0. The quantitative estimate of drug-likeness (QED) is 0.410. The van der Waals surface area contributed by atoms with Crippen molar-refractivity contribution in [3.8, 4) is 5.69 Å². The fraction of sp³-hybridized carbons (Fsp3) is 0. The first kappa shape index (κ1) is 20.7. The molecule has 4 aromatic rings. The van der Waals surface area contributed by atoms with Gasteiger partial charge in [0.25, 0.3) is 11.8 Å². The molecule has 0 bridgehead atoms. The smallest absolute Gasteiger partial charge is 0.261 e. The Kier molecular flexibility index (Phi) is 6.02. The van der Waals surface area contributed by atoms with Crippen LogP contribution in [0.2, 0.25) is 10.0 Å². The van der Waals surface area contributed by atoms with Crippen molar-refractivity contribution in [3.63, 3.8) is 0 Å². The molecule has 1 heterocycles. The molecular formula is C23H16Cl2N4O2. The number of aromatic nitrogens is 2. The summed E-state index contributed by atoms with van der Waals surface area (Å²) in [7, 11) is 0. The van der Waals surface area contributed by atoms with Crippen molar-refractivity contribution in [2.75, 3.05) is 10.6 Å². The lowest BCUT2D eigenvalue weighted by Crippen LogP contribution is -2.20. The van der Waals surface area contributed by atoms with E-state index in [-0.39, 0.29) is 16.9 Å². The summed E-state index contributed by atoms with van der Waals surface area (Å²) in [4.78, 5) is 25.9. The summed E-state index contributed by atoms with van der Waals surface area (Å²) in [6.07, 6.45) is 1.40. The van der Waals surface area contributed by atoms with Crippen LogP contribution in [0, 0.1) is 0 Å². The summed E-state index contributed by atoms with van der Waals surface area (Å²) in [6, 6.07) is 22.6. The van der Waals surface area contributed by atoms with E-state index in [9.17, 15) is 9.59 Å². The van der Waals surface area contributed by atoms with Crippen LogP contribution < -0.4 is 10.6 Å². The second-order valence-electron chi connectivity index (χ2n) is 6.55. The van der Waals surface area contributed by atoms with Crippen LogP contribution in [0.4, 0.5) is 11.5 Å². The highest BCUT2D eigenvalue weighted by Gasteiger charge is 2.22. The number of carbonyl (C=O) groups is 2. The SMILES string of the molecule is O=C(Nc1c(C(=O)Nc2cccc(Cl)c2)cnn1-c1ccccc1)c1ccccc1Cl. The van der Waals surface area contributed by atoms with E-state index in [1.54, 1.807) is 48.5 Å². The molecule has 0 spiro atoms. The molecule has 2 N–H and O–H groups in total. The van der Waals surface area contributed by atoms with Crippen LogP contribution in [-0.2, 0) is 0 Å². The van der Waals surface area contributed by atoms with E-state index < -0.39 is 11.8 Å². The number of nitrogens with zero attached hydrogens (tertiary/aromatic N) is 2. The summed E-state index contributed by atoms with van der Waals surface area (Å²) in [5.74, 6) is -0.686. The predicted molar refractivity (Wildman–Crippen MR) is 122 cm³/mol. The van der Waals surface area contributed by atoms with Crippen molar-refractivity contribution in [1.82, 2.24) is 9.78 Å². The molecule has 0 aliphatic heterocycles. The Morgan fingerprint density at radius 2 is 1.48 bits per heavy atom. The third-order valence-electron chi connectivity index (χ3n) is 4.45. The standard InChI is InChI=1S/C23H16Cl2N4O2/c24-15-7-6-8-16(13-15)27-23(31)19-14-26-29(17-9-2-1-3-10-17)21(19)28-22(30)18-11-4-5-12-20(18)25/h1-14H,(H,27,31)(H,28,30). The number of amides is 2. The minimum absolute atomic E-state index is 0.184. The van der Waals surface area contributed by atoms with Crippen LogP contribution in [0.25, 0.3) is 5.69 Å². The maximum atomic E-state index is 13.0. The van der Waals surface area contributed by atoms with Crippen LogP contribution in [0.3, 0.4) is 0 Å². The lowest BCUT2D eigenvalue weighted by molar-refractivity contribution is 0.102. The number of carbonyl (C=O) groups excluding carboxylic acids is 2. The number of nitrogens with one attached hydrogen (secondary N) is 2. The third kappa shape index (κ3) is 4.60. The van der Waals surface area contributed by atoms with Gasteiger partial charge in [-0.05, 0) is 42.5 Å². The molecule has 1 aromatic heterocycles. The van der Waals surface area contributed by atoms with E-state index in [0.29, 0.717) is 21.4 Å². The maximum Gasteiger partial charge on any atom is 0.261 e. The average molecular weight is 451 g/mol. The number of anilines is 2. The van der Waals surface area contributed by atoms with E-state index in [2.05, 4.69) is 15.7 Å². The average Bonchev–Trinajstić information content (AvgIpc) is 3.18. The number of hydrogen-bond donors (Lipinski definition) is 2. The van der Waals surface area contributed by atoms with Crippen molar-refractivity contribution < 1.29 is 9.59 Å². The van der Waals surface area contributed by atoms with Gasteiger partial charge in [-0.3, -0.25) is 9.59 Å². The van der Waals surface area contributed by atoms with Gasteiger partial charge in [0.2, 0.25) is 0 Å². The minimum Gasteiger partial charge on any atom is -0.322 e. The Balaban J connectivity index is 1.72. The monoisotopic (exact) mass is 450 g/mol. The molecule has 0 radical (unpaired) electrons. The summed E-state index contributed by atoms with van der Waals surface area (Å²) in [5.41, 5.74) is 1.67. The van der Waals surface area contributed by atoms with Crippen LogP contribution in [-0.4, -0.2) is 21.6 Å². The molecule has 2 amide bonds. The van der Waals surface area contributed by atoms with Gasteiger partial charge >= 0.3 is 0 Å². The summed E-state index contributed by atoms with van der Waals surface area (Å²) < 4.78 is 1.49. The Morgan fingerprint density at radius 3 is 2.23 bits per heavy atom. The molecule has 0 aliphatic rings. The lowest BCUT2D eigenvalue weighted by Gasteiger charge is -2.12. The van der Waals surface area contributed by atoms with E-state index in [1.165, 1.54) is 10.9 Å². The van der Waals surface area contributed by atoms with Gasteiger partial charge in [-0.2, -0.15) is 5.10 Å². The second kappa shape index (κ2) is 9.04. The van der Waals surface area contributed by atoms with Gasteiger partial charge in [-0.1, -0.05) is 59.6 Å². The van der Waals surface area contributed by atoms with Crippen molar-refractivity contribution in [3.05, 3.63) is 106 Å². The van der Waals surface area contributed by atoms with Crippen molar-refractivity contribution in [2.45, 2.75) is 0 Å². The number of benzene rings is 3. The molecule has 3 aromatic carbocycles. The lowest BCUT2D eigenvalue weighted by atomic mass is 10.2. The van der Waals surface area contributed by atoms with E-state index in [0.717, 1.165) is 0 Å². The summed E-state index contributed by atoms with van der Waals surface area (Å²) in [6.45, 7) is 0. The Labute approximate surface area is 188 Å². The molecule has 0 aliphatic carbocycles. The van der Waals surface area contributed by atoms with Crippen LogP contribution >= 0.6 is 23.2 Å². The third-order valence-corrected chi connectivity index (χ3v) is 5.01. The molecule has 6 nitrogen and oxygen atoms in total. The number of rotatable bonds is 5. The molecule has 0 saturated heterocycles. The highest BCUT2D eigenvalue weighted by molar-refractivity contribution is 6.34. The van der Waals surface area contributed by atoms with Gasteiger partial charge in [0.05, 0.1) is 22.5 Å². The maximum absolute atomic E-state index is 13.0. The molecule has 8 heteroatoms. The molecule has 4 rings (SSSR count). The Hall–Kier alpha value is -3.61. The Morgan fingerprint density at radius 1 is 0.774 bits per heavy atom. The summed E-state index contributed by atoms with van der Waals surface area (Å²) >= 11 is 12.2. The molecule has 0 unspecified atom stereocenters. The second-order valence-corrected chi connectivity index (χ2v) is 7.40. The molecule has 0 atom stereocenters. The number of hydrogen-bond acceptors (Lipinski definition) is 3. The van der Waals surface area contributed by atoms with Gasteiger partial charge < -0.3 is 10.6 Å². The van der Waals surface area contributed by atoms with E-state index in [1.807, 2.05) is 30.3 Å². The van der Waals surface area contributed by atoms with Gasteiger partial charge in [0, 0.05) is 10.7 Å². The zero-order valence-corrected chi connectivity index (χ0v) is 17.6. The topological polar surface area (TPSA) is 76.0 Å². The highest BCUT2D eigenvalue weighted by Crippen LogP contribution is 2.24. The van der Waals surface area contributed by atoms with Crippen molar-refractivity contribution in [1.29, 1.82) is 0 Å². The van der Waals surface area contributed by atoms with Gasteiger partial charge in [0.1, 0.15) is 11.4 Å². The molecule has 154 valence electrons. The first-order chi connectivity index (χ1) is 15.0. The van der Waals surface area contributed by atoms with Gasteiger partial charge in [-0.15, -0.1) is 0 Å². The normalized spacial score (nSPS) is 10.5. The van der Waals surface area contributed by atoms with Crippen LogP contribution in [0.15, 0.2) is 85.1 Å². The predicted octanol–water partition coefficient (Wildman–Crippen LogP) is 5.68. The Bertz CT molecular complexity index is 1260. The van der Waals surface area contributed by atoms with Crippen molar-refractivity contribution >= 4 is 46.5 Å². The highest BCUT2D eigenvalue weighted by atomic mass is 35.5. The van der Waals surface area contributed by atoms with E-state index >= 15 is 0 Å². The van der Waals surface area contributed by atoms with Crippen LogP contribution in [0.1, 0.15) is 20.7 Å². The zero-order chi connectivity index (χ0) is 21.8. The molecular weight excluding hydrogens is 435 g/mol. The van der Waals surface area contributed by atoms with Crippen LogP contribution in [0.5, 0.6) is 0 Å². The van der Waals surface area contributed by atoms with Gasteiger partial charge in [0.15, 0.2) is 0 Å². The number of para-hydroxylation sites is 1.